The van der Waals surface area contributed by atoms with Gasteiger partial charge in [0.25, 0.3) is 0 Å². The second-order valence-electron chi connectivity index (χ2n) is 2.88. The van der Waals surface area contributed by atoms with Crippen molar-refractivity contribution < 1.29 is 5.11 Å². The Morgan fingerprint density at radius 1 is 1.42 bits per heavy atom. The summed E-state index contributed by atoms with van der Waals surface area (Å²) in [6, 6.07) is 0. The first-order valence-electron chi connectivity index (χ1n) is 4.60. The molecule has 0 radical (unpaired) electrons. The van der Waals surface area contributed by atoms with E-state index in [1.807, 2.05) is 0 Å². The minimum absolute atomic E-state index is 0.380. The molecule has 0 aliphatic carbocycles. The third-order valence-corrected chi connectivity index (χ3v) is 1.47. The molecule has 0 aliphatic rings. The van der Waals surface area contributed by atoms with Gasteiger partial charge in [-0.2, -0.15) is 0 Å². The number of aliphatic hydroxyl groups is 1. The molecule has 0 fully saturated rings. The normalized spacial score (nSPS) is 12.6. The van der Waals surface area contributed by atoms with Gasteiger partial charge >= 0.3 is 0 Å². The van der Waals surface area contributed by atoms with Crippen molar-refractivity contribution in [2.24, 2.45) is 0 Å². The molecule has 0 amide bonds. The monoisotopic (exact) mass is 166 g/mol. The Bertz CT molecular complexity index is 169. The van der Waals surface area contributed by atoms with Crippen LogP contribution in [0.25, 0.3) is 0 Å². The van der Waals surface area contributed by atoms with E-state index in [2.05, 4.69) is 18.8 Å². The summed E-state index contributed by atoms with van der Waals surface area (Å²) in [5, 5.41) is 8.84. The highest BCUT2D eigenvalue weighted by Gasteiger charge is 1.81. The van der Waals surface area contributed by atoms with Gasteiger partial charge in [0.05, 0.1) is 6.10 Å². The Kier molecular flexibility index (Phi) is 7.84. The van der Waals surface area contributed by atoms with Crippen LogP contribution < -0.4 is 0 Å². The fourth-order valence-electron chi connectivity index (χ4n) is 0.782. The Morgan fingerprint density at radius 2 is 2.17 bits per heavy atom. The molecule has 1 heteroatoms. The van der Waals surface area contributed by atoms with E-state index in [0.29, 0.717) is 0 Å². The predicted octanol–water partition coefficient (Wildman–Crippen LogP) is 2.51. The fraction of sp³-hybridized carbons (Fsp3) is 0.636. The van der Waals surface area contributed by atoms with Crippen molar-refractivity contribution in [2.45, 2.75) is 45.6 Å². The van der Waals surface area contributed by atoms with E-state index in [9.17, 15) is 0 Å². The van der Waals surface area contributed by atoms with Crippen LogP contribution in [0.2, 0.25) is 0 Å². The summed E-state index contributed by atoms with van der Waals surface area (Å²) < 4.78 is 0. The predicted molar refractivity (Wildman–Crippen MR) is 52.7 cm³/mol. The molecule has 1 atom stereocenters. The smallest absolute Gasteiger partial charge is 0.0701 e. The number of aliphatic hydroxyl groups excluding tert-OH is 1. The van der Waals surface area contributed by atoms with Crippen LogP contribution in [-0.4, -0.2) is 11.2 Å². The van der Waals surface area contributed by atoms with Gasteiger partial charge in [-0.15, -0.1) is 0 Å². The average molecular weight is 166 g/mol. The summed E-state index contributed by atoms with van der Waals surface area (Å²) in [7, 11) is 0. The van der Waals surface area contributed by atoms with Crippen LogP contribution in [0.5, 0.6) is 0 Å². The topological polar surface area (TPSA) is 20.2 Å². The van der Waals surface area contributed by atoms with E-state index in [1.54, 1.807) is 19.1 Å². The van der Waals surface area contributed by atoms with Gasteiger partial charge in [0.15, 0.2) is 0 Å². The molecule has 1 nitrogen and oxygen atoms in total. The molecule has 0 spiro atoms. The van der Waals surface area contributed by atoms with Crippen LogP contribution in [0.1, 0.15) is 39.5 Å². The summed E-state index contributed by atoms with van der Waals surface area (Å²) in [6.45, 7) is 3.90. The molecule has 0 heterocycles. The van der Waals surface area contributed by atoms with E-state index in [1.165, 1.54) is 19.3 Å². The lowest BCUT2D eigenvalue weighted by atomic mass is 10.2. The Labute approximate surface area is 75.5 Å². The van der Waals surface area contributed by atoms with Crippen molar-refractivity contribution in [1.29, 1.82) is 0 Å². The standard InChI is InChI=1S/C11H18O/c1-3-4-5-6-7-8-9-10-11(2)12/h9-12H,3-6H2,1-2H3/b10-9+/t11-/m0/s1. The van der Waals surface area contributed by atoms with Gasteiger partial charge in [-0.1, -0.05) is 31.6 Å². The number of hydrogen-bond donors (Lipinski definition) is 1. The zero-order chi connectivity index (χ0) is 9.23. The highest BCUT2D eigenvalue weighted by atomic mass is 16.3. The van der Waals surface area contributed by atoms with E-state index >= 15 is 0 Å². The Morgan fingerprint density at radius 3 is 2.75 bits per heavy atom. The number of hydrogen-bond acceptors (Lipinski definition) is 1. The number of rotatable bonds is 4. The van der Waals surface area contributed by atoms with Gasteiger partial charge < -0.3 is 5.11 Å². The molecule has 68 valence electrons. The summed E-state index contributed by atoms with van der Waals surface area (Å²) in [6.07, 6.45) is 7.68. The lowest BCUT2D eigenvalue weighted by Crippen LogP contribution is -1.90. The quantitative estimate of drug-likeness (QED) is 0.502. The lowest BCUT2D eigenvalue weighted by molar-refractivity contribution is 0.244. The third-order valence-electron chi connectivity index (χ3n) is 1.47. The third kappa shape index (κ3) is 9.26. The fourth-order valence-corrected chi connectivity index (χ4v) is 0.782. The van der Waals surface area contributed by atoms with Crippen molar-refractivity contribution in [2.75, 3.05) is 0 Å². The zero-order valence-corrected chi connectivity index (χ0v) is 8.01. The van der Waals surface area contributed by atoms with Gasteiger partial charge in [0, 0.05) is 6.42 Å². The van der Waals surface area contributed by atoms with Crippen LogP contribution in [0.3, 0.4) is 0 Å². The molecule has 0 bridgehead atoms. The summed E-state index contributed by atoms with van der Waals surface area (Å²) in [4.78, 5) is 0. The Balaban J connectivity index is 3.34. The van der Waals surface area contributed by atoms with Gasteiger partial charge in [-0.25, -0.2) is 0 Å². The minimum Gasteiger partial charge on any atom is -0.389 e. The molecular weight excluding hydrogens is 148 g/mol. The molecule has 0 saturated heterocycles. The second-order valence-corrected chi connectivity index (χ2v) is 2.88. The van der Waals surface area contributed by atoms with E-state index in [4.69, 9.17) is 5.11 Å². The van der Waals surface area contributed by atoms with Crippen molar-refractivity contribution in [3.05, 3.63) is 12.2 Å². The molecule has 0 unspecified atom stereocenters. The summed E-state index contributed by atoms with van der Waals surface area (Å²) in [5.74, 6) is 5.91. The molecule has 12 heavy (non-hydrogen) atoms. The SMILES string of the molecule is CCCCCC#C/C=C/[C@H](C)O. The van der Waals surface area contributed by atoms with Crippen LogP contribution >= 0.6 is 0 Å². The van der Waals surface area contributed by atoms with E-state index in [0.717, 1.165) is 6.42 Å². The van der Waals surface area contributed by atoms with Crippen molar-refractivity contribution in [1.82, 2.24) is 0 Å². The van der Waals surface area contributed by atoms with Gasteiger partial charge in [0.2, 0.25) is 0 Å². The minimum atomic E-state index is -0.380. The Hall–Kier alpha value is -0.740. The van der Waals surface area contributed by atoms with E-state index in [-0.39, 0.29) is 6.10 Å². The molecule has 0 aromatic rings. The lowest BCUT2D eigenvalue weighted by Gasteiger charge is -1.89. The first kappa shape index (κ1) is 11.3. The van der Waals surface area contributed by atoms with Gasteiger partial charge in [-0.05, 0) is 25.5 Å². The maximum atomic E-state index is 8.84. The number of unbranched alkanes of at least 4 members (excludes halogenated alkanes) is 3. The van der Waals surface area contributed by atoms with Crippen LogP contribution in [0.4, 0.5) is 0 Å². The second kappa shape index (κ2) is 8.36. The van der Waals surface area contributed by atoms with Gasteiger partial charge in [-0.3, -0.25) is 0 Å². The van der Waals surface area contributed by atoms with Crippen molar-refractivity contribution in [3.8, 4) is 11.8 Å². The van der Waals surface area contributed by atoms with E-state index < -0.39 is 0 Å². The van der Waals surface area contributed by atoms with Crippen LogP contribution in [0, 0.1) is 11.8 Å². The van der Waals surface area contributed by atoms with Crippen molar-refractivity contribution >= 4 is 0 Å². The first-order valence-corrected chi connectivity index (χ1v) is 4.60. The molecule has 1 N–H and O–H groups in total. The molecule has 0 aromatic carbocycles. The van der Waals surface area contributed by atoms with Gasteiger partial charge in [0.1, 0.15) is 0 Å². The summed E-state index contributed by atoms with van der Waals surface area (Å²) in [5.41, 5.74) is 0. The molecule has 0 saturated carbocycles. The highest BCUT2D eigenvalue weighted by molar-refractivity contribution is 5.15. The van der Waals surface area contributed by atoms with Crippen LogP contribution in [0.15, 0.2) is 12.2 Å². The summed E-state index contributed by atoms with van der Waals surface area (Å²) >= 11 is 0. The average Bonchev–Trinajstić information content (AvgIpc) is 2.02. The maximum absolute atomic E-state index is 8.84. The molecule has 0 aromatic heterocycles. The maximum Gasteiger partial charge on any atom is 0.0701 e. The molecule has 0 aliphatic heterocycles. The highest BCUT2D eigenvalue weighted by Crippen LogP contribution is 1.96. The largest absolute Gasteiger partial charge is 0.389 e. The molecule has 0 rings (SSSR count). The van der Waals surface area contributed by atoms with Crippen molar-refractivity contribution in [3.63, 3.8) is 0 Å². The first-order chi connectivity index (χ1) is 5.77. The zero-order valence-electron chi connectivity index (χ0n) is 8.01. The van der Waals surface area contributed by atoms with Crippen LogP contribution in [-0.2, 0) is 0 Å². The number of allylic oxidation sites excluding steroid dienone is 1. The molecular formula is C11H18O.